The highest BCUT2D eigenvalue weighted by Crippen LogP contribution is 2.39. The SMILES string of the molecule is CN1CCN(C(=O)CCCc2ccc(N3C(=S)N(c4ccc(C#N)c(C(F)(F)F)c4)C(=O)C3(C)C)cn2)CC1. The summed E-state index contributed by atoms with van der Waals surface area (Å²) >= 11 is 5.56. The third kappa shape index (κ3) is 5.74. The third-order valence-electron chi connectivity index (χ3n) is 7.10. The van der Waals surface area contributed by atoms with Gasteiger partial charge in [0, 0.05) is 38.3 Å². The number of halogens is 3. The predicted molar refractivity (Wildman–Crippen MR) is 144 cm³/mol. The van der Waals surface area contributed by atoms with Crippen molar-refractivity contribution in [2.24, 2.45) is 0 Å². The third-order valence-corrected chi connectivity index (χ3v) is 7.47. The molecule has 3 heterocycles. The molecule has 2 saturated heterocycles. The Morgan fingerprint density at radius 2 is 1.79 bits per heavy atom. The summed E-state index contributed by atoms with van der Waals surface area (Å²) in [4.78, 5) is 37.0. The van der Waals surface area contributed by atoms with Gasteiger partial charge in [0.1, 0.15) is 5.54 Å². The number of aromatic nitrogens is 1. The molecule has 0 spiro atoms. The number of hydrogen-bond acceptors (Lipinski definition) is 6. The van der Waals surface area contributed by atoms with Gasteiger partial charge in [-0.3, -0.25) is 19.5 Å². The summed E-state index contributed by atoms with van der Waals surface area (Å²) in [6, 6.07) is 8.18. The van der Waals surface area contributed by atoms with Crippen molar-refractivity contribution in [1.29, 1.82) is 5.26 Å². The first-order chi connectivity index (χ1) is 18.3. The van der Waals surface area contributed by atoms with Crippen LogP contribution in [0, 0.1) is 11.3 Å². The number of likely N-dealkylation sites (N-methyl/N-ethyl adjacent to an activating group) is 1. The second kappa shape index (κ2) is 10.9. The summed E-state index contributed by atoms with van der Waals surface area (Å²) in [6.07, 6.45) is -1.51. The van der Waals surface area contributed by atoms with Gasteiger partial charge in [0.15, 0.2) is 5.11 Å². The van der Waals surface area contributed by atoms with Crippen LogP contribution < -0.4 is 9.80 Å². The molecule has 0 saturated carbocycles. The van der Waals surface area contributed by atoms with Gasteiger partial charge in [-0.25, -0.2) is 0 Å². The Kier molecular flexibility index (Phi) is 7.95. The molecule has 2 fully saturated rings. The fourth-order valence-electron chi connectivity index (χ4n) is 4.79. The lowest BCUT2D eigenvalue weighted by atomic mass is 10.0. The largest absolute Gasteiger partial charge is 0.417 e. The summed E-state index contributed by atoms with van der Waals surface area (Å²) in [5.74, 6) is -0.365. The van der Waals surface area contributed by atoms with Crippen molar-refractivity contribution in [1.82, 2.24) is 14.8 Å². The maximum Gasteiger partial charge on any atom is 0.417 e. The van der Waals surface area contributed by atoms with Crippen molar-refractivity contribution in [2.75, 3.05) is 43.0 Å². The Morgan fingerprint density at radius 3 is 2.38 bits per heavy atom. The average Bonchev–Trinajstić information content (AvgIpc) is 3.07. The zero-order valence-corrected chi connectivity index (χ0v) is 22.8. The van der Waals surface area contributed by atoms with Crippen LogP contribution in [-0.2, 0) is 22.2 Å². The molecule has 1 aromatic heterocycles. The molecule has 0 atom stereocenters. The second-order valence-corrected chi connectivity index (χ2v) is 10.6. The number of carbonyl (C=O) groups is 2. The van der Waals surface area contributed by atoms with Crippen molar-refractivity contribution < 1.29 is 22.8 Å². The summed E-state index contributed by atoms with van der Waals surface area (Å²) in [5, 5.41) is 9.11. The van der Waals surface area contributed by atoms with Crippen LogP contribution in [0.1, 0.15) is 43.5 Å². The van der Waals surface area contributed by atoms with Gasteiger partial charge in [0.25, 0.3) is 5.91 Å². The number of aryl methyl sites for hydroxylation is 1. The number of alkyl halides is 3. The van der Waals surface area contributed by atoms with E-state index in [1.807, 2.05) is 11.9 Å². The first kappa shape index (κ1) is 28.4. The zero-order chi connectivity index (χ0) is 28.5. The van der Waals surface area contributed by atoms with Crippen LogP contribution in [0.2, 0.25) is 0 Å². The standard InChI is InChI=1S/C27H29F3N6O2S/c1-26(2)24(38)35(20-9-7-18(16-31)22(15-20)27(28,29)30)25(39)36(26)21-10-8-19(32-17-21)5-4-6-23(37)34-13-11-33(3)12-14-34/h7-10,15,17H,4-6,11-14H2,1-3H3. The van der Waals surface area contributed by atoms with E-state index >= 15 is 0 Å². The zero-order valence-electron chi connectivity index (χ0n) is 22.0. The minimum atomic E-state index is -4.77. The van der Waals surface area contributed by atoms with Crippen molar-refractivity contribution in [3.8, 4) is 6.07 Å². The highest BCUT2D eigenvalue weighted by atomic mass is 32.1. The lowest BCUT2D eigenvalue weighted by molar-refractivity contribution is -0.138. The van der Waals surface area contributed by atoms with Crippen molar-refractivity contribution in [3.63, 3.8) is 0 Å². The van der Waals surface area contributed by atoms with E-state index in [-0.39, 0.29) is 16.7 Å². The summed E-state index contributed by atoms with van der Waals surface area (Å²) in [5.41, 5.74) is -1.64. The molecule has 0 N–H and O–H groups in total. The predicted octanol–water partition coefficient (Wildman–Crippen LogP) is 3.99. The van der Waals surface area contributed by atoms with E-state index in [4.69, 9.17) is 17.5 Å². The van der Waals surface area contributed by atoms with E-state index in [0.29, 0.717) is 24.9 Å². The lowest BCUT2D eigenvalue weighted by Gasteiger charge is -2.32. The van der Waals surface area contributed by atoms with E-state index < -0.39 is 28.7 Å². The van der Waals surface area contributed by atoms with E-state index in [9.17, 15) is 22.8 Å². The number of carbonyl (C=O) groups excluding carboxylic acids is 2. The molecular weight excluding hydrogens is 529 g/mol. The van der Waals surface area contributed by atoms with Crippen LogP contribution in [0.15, 0.2) is 36.5 Å². The van der Waals surface area contributed by atoms with Gasteiger partial charge in [-0.2, -0.15) is 18.4 Å². The highest BCUT2D eigenvalue weighted by molar-refractivity contribution is 7.81. The number of piperazine rings is 1. The normalized spacial score (nSPS) is 18.0. The van der Waals surface area contributed by atoms with Gasteiger partial charge >= 0.3 is 6.18 Å². The maximum absolute atomic E-state index is 13.5. The molecule has 2 aliphatic rings. The number of hydrogen-bond donors (Lipinski definition) is 0. The summed E-state index contributed by atoms with van der Waals surface area (Å²) in [7, 11) is 2.04. The van der Waals surface area contributed by atoms with Gasteiger partial charge in [0.2, 0.25) is 5.91 Å². The van der Waals surface area contributed by atoms with Crippen molar-refractivity contribution >= 4 is 40.5 Å². The van der Waals surface area contributed by atoms with Crippen LogP contribution in [-0.4, -0.2) is 70.5 Å². The Hall–Kier alpha value is -3.56. The monoisotopic (exact) mass is 558 g/mol. The van der Waals surface area contributed by atoms with Gasteiger partial charge in [-0.05, 0) is 76.3 Å². The van der Waals surface area contributed by atoms with E-state index in [0.717, 1.165) is 48.9 Å². The molecule has 0 aliphatic carbocycles. The number of benzene rings is 1. The maximum atomic E-state index is 13.5. The van der Waals surface area contributed by atoms with Gasteiger partial charge in [-0.15, -0.1) is 0 Å². The number of amides is 2. The highest BCUT2D eigenvalue weighted by Gasteiger charge is 2.50. The minimum absolute atomic E-state index is 0.00940. The molecule has 1 aromatic carbocycles. The Bertz CT molecular complexity index is 1310. The topological polar surface area (TPSA) is 83.8 Å². The molecule has 0 unspecified atom stereocenters. The van der Waals surface area contributed by atoms with Gasteiger partial charge in [-0.1, -0.05) is 0 Å². The first-order valence-electron chi connectivity index (χ1n) is 12.6. The van der Waals surface area contributed by atoms with E-state index in [2.05, 4.69) is 9.88 Å². The molecule has 39 heavy (non-hydrogen) atoms. The molecule has 206 valence electrons. The molecule has 2 amide bonds. The number of anilines is 2. The van der Waals surface area contributed by atoms with Crippen LogP contribution in [0.3, 0.4) is 0 Å². The smallest absolute Gasteiger partial charge is 0.340 e. The summed E-state index contributed by atoms with van der Waals surface area (Å²) in [6.45, 7) is 6.49. The molecule has 2 aliphatic heterocycles. The Labute approximate surface area is 230 Å². The van der Waals surface area contributed by atoms with Gasteiger partial charge < -0.3 is 14.7 Å². The number of nitrogens with zero attached hydrogens (tertiary/aromatic N) is 6. The molecule has 4 rings (SSSR count). The second-order valence-electron chi connectivity index (χ2n) is 10.2. The Morgan fingerprint density at radius 1 is 1.13 bits per heavy atom. The minimum Gasteiger partial charge on any atom is -0.340 e. The number of nitriles is 1. The summed E-state index contributed by atoms with van der Waals surface area (Å²) < 4.78 is 40.6. The van der Waals surface area contributed by atoms with E-state index in [1.54, 1.807) is 37.1 Å². The first-order valence-corrected chi connectivity index (χ1v) is 13.0. The van der Waals surface area contributed by atoms with Crippen molar-refractivity contribution in [2.45, 2.75) is 44.8 Å². The fraction of sp³-hybridized carbons (Fsp3) is 0.444. The molecule has 8 nitrogen and oxygen atoms in total. The molecule has 2 aromatic rings. The van der Waals surface area contributed by atoms with Crippen LogP contribution in [0.4, 0.5) is 24.5 Å². The van der Waals surface area contributed by atoms with E-state index in [1.165, 1.54) is 12.1 Å². The van der Waals surface area contributed by atoms with Crippen LogP contribution in [0.5, 0.6) is 0 Å². The number of pyridine rings is 1. The van der Waals surface area contributed by atoms with Gasteiger partial charge in [0.05, 0.1) is 34.8 Å². The number of thiocarbonyl (C=S) groups is 1. The number of rotatable bonds is 6. The molecule has 12 heteroatoms. The fourth-order valence-corrected chi connectivity index (χ4v) is 5.31. The van der Waals surface area contributed by atoms with Crippen LogP contribution in [0.25, 0.3) is 0 Å². The van der Waals surface area contributed by atoms with Crippen molar-refractivity contribution in [3.05, 3.63) is 53.3 Å². The molecule has 0 radical (unpaired) electrons. The Balaban J connectivity index is 1.47. The molecular formula is C27H29F3N6O2S. The van der Waals surface area contributed by atoms with Crippen LogP contribution >= 0.6 is 12.2 Å². The average molecular weight is 559 g/mol. The molecule has 0 bridgehead atoms. The lowest BCUT2D eigenvalue weighted by Crippen LogP contribution is -2.47. The quantitative estimate of drug-likeness (QED) is 0.496.